The highest BCUT2D eigenvalue weighted by Gasteiger charge is 2.41. The third-order valence-electron chi connectivity index (χ3n) is 5.08. The topological polar surface area (TPSA) is 56.8 Å². The fraction of sp³-hybridized carbons (Fsp3) is 0.381. The largest absolute Gasteiger partial charge is 0.493 e. The molecule has 1 amide bonds. The van der Waals surface area contributed by atoms with E-state index in [1.807, 2.05) is 42.5 Å². The Morgan fingerprint density at radius 2 is 1.74 bits per heavy atom. The maximum Gasteiger partial charge on any atom is 0.231 e. The van der Waals surface area contributed by atoms with Gasteiger partial charge in [-0.25, -0.2) is 0 Å². The van der Waals surface area contributed by atoms with E-state index in [4.69, 9.17) is 14.2 Å². The summed E-state index contributed by atoms with van der Waals surface area (Å²) in [5, 5.41) is 3.11. The summed E-state index contributed by atoms with van der Waals surface area (Å²) in [5.74, 6) is 1.35. The molecule has 0 atom stereocenters. The van der Waals surface area contributed by atoms with Crippen LogP contribution in [0.4, 0.5) is 0 Å². The van der Waals surface area contributed by atoms with E-state index in [0.717, 1.165) is 15.6 Å². The van der Waals surface area contributed by atoms with Gasteiger partial charge in [-0.1, -0.05) is 34.1 Å². The smallest absolute Gasteiger partial charge is 0.231 e. The lowest BCUT2D eigenvalue weighted by molar-refractivity contribution is -0.130. The van der Waals surface area contributed by atoms with Crippen LogP contribution in [0.5, 0.6) is 11.5 Å². The molecule has 0 unspecified atom stereocenters. The highest BCUT2D eigenvalue weighted by atomic mass is 79.9. The zero-order valence-corrected chi connectivity index (χ0v) is 17.2. The van der Waals surface area contributed by atoms with Crippen molar-refractivity contribution in [1.29, 1.82) is 0 Å². The van der Waals surface area contributed by atoms with Crippen molar-refractivity contribution in [2.75, 3.05) is 27.4 Å². The number of rotatable bonds is 6. The first-order valence-electron chi connectivity index (χ1n) is 8.92. The Hall–Kier alpha value is -2.05. The number of ether oxygens (including phenoxy) is 3. The number of amides is 1. The van der Waals surface area contributed by atoms with Crippen molar-refractivity contribution >= 4 is 21.8 Å². The third-order valence-corrected chi connectivity index (χ3v) is 5.61. The minimum Gasteiger partial charge on any atom is -0.493 e. The van der Waals surface area contributed by atoms with Crippen LogP contribution in [0.2, 0.25) is 0 Å². The molecule has 0 bridgehead atoms. The Morgan fingerprint density at radius 3 is 2.37 bits per heavy atom. The molecule has 0 radical (unpaired) electrons. The quantitative estimate of drug-likeness (QED) is 0.751. The average molecular weight is 434 g/mol. The minimum atomic E-state index is -0.560. The van der Waals surface area contributed by atoms with Gasteiger partial charge in [0.2, 0.25) is 5.91 Å². The second-order valence-corrected chi connectivity index (χ2v) is 7.49. The molecule has 27 heavy (non-hydrogen) atoms. The normalized spacial score (nSPS) is 15.8. The number of carbonyl (C=O) groups excluding carboxylic acids is 1. The van der Waals surface area contributed by atoms with Crippen LogP contribution in [0.15, 0.2) is 46.9 Å². The number of carbonyl (C=O) groups is 1. The summed E-state index contributed by atoms with van der Waals surface area (Å²) < 4.78 is 17.1. The van der Waals surface area contributed by atoms with Gasteiger partial charge in [-0.3, -0.25) is 4.79 Å². The van der Waals surface area contributed by atoms with Gasteiger partial charge in [0, 0.05) is 24.2 Å². The number of hydrogen-bond acceptors (Lipinski definition) is 4. The third kappa shape index (κ3) is 4.28. The Kier molecular flexibility index (Phi) is 6.39. The summed E-state index contributed by atoms with van der Waals surface area (Å²) in [6.07, 6.45) is 1.35. The predicted octanol–water partition coefficient (Wildman–Crippen LogP) is 3.83. The second kappa shape index (κ2) is 8.76. The van der Waals surface area contributed by atoms with E-state index >= 15 is 0 Å². The lowest BCUT2D eigenvalue weighted by Gasteiger charge is -2.36. The zero-order valence-electron chi connectivity index (χ0n) is 15.6. The SMILES string of the molecule is COc1ccc(CNC(=O)C2(c3ccc(Br)cc3)CCOCC2)cc1OC. The summed E-state index contributed by atoms with van der Waals surface area (Å²) in [6.45, 7) is 1.60. The van der Waals surface area contributed by atoms with Crippen LogP contribution < -0.4 is 14.8 Å². The zero-order chi connectivity index (χ0) is 19.3. The van der Waals surface area contributed by atoms with Crippen molar-refractivity contribution in [2.45, 2.75) is 24.8 Å². The molecule has 3 rings (SSSR count). The van der Waals surface area contributed by atoms with Gasteiger partial charge in [-0.2, -0.15) is 0 Å². The molecule has 1 fully saturated rings. The maximum absolute atomic E-state index is 13.2. The molecule has 6 heteroatoms. The summed E-state index contributed by atoms with van der Waals surface area (Å²) in [4.78, 5) is 13.2. The molecule has 0 aliphatic carbocycles. The van der Waals surface area contributed by atoms with Gasteiger partial charge in [-0.15, -0.1) is 0 Å². The Balaban J connectivity index is 1.78. The van der Waals surface area contributed by atoms with Crippen molar-refractivity contribution < 1.29 is 19.0 Å². The van der Waals surface area contributed by atoms with Crippen LogP contribution in [0.3, 0.4) is 0 Å². The minimum absolute atomic E-state index is 0.0305. The summed E-state index contributed by atoms with van der Waals surface area (Å²) >= 11 is 3.46. The van der Waals surface area contributed by atoms with Crippen molar-refractivity contribution in [3.05, 3.63) is 58.1 Å². The first kappa shape index (κ1) is 19.7. The van der Waals surface area contributed by atoms with Crippen LogP contribution in [0.25, 0.3) is 0 Å². The van der Waals surface area contributed by atoms with Crippen molar-refractivity contribution in [3.8, 4) is 11.5 Å². The standard InChI is InChI=1S/C21H24BrNO4/c1-25-18-8-3-15(13-19(18)26-2)14-23-20(24)21(9-11-27-12-10-21)16-4-6-17(22)7-5-16/h3-8,13H,9-12,14H2,1-2H3,(H,23,24). The lowest BCUT2D eigenvalue weighted by Crippen LogP contribution is -2.47. The summed E-state index contributed by atoms with van der Waals surface area (Å²) in [5.41, 5.74) is 1.42. The predicted molar refractivity (Wildman–Crippen MR) is 107 cm³/mol. The monoisotopic (exact) mass is 433 g/mol. The van der Waals surface area contributed by atoms with Gasteiger partial charge < -0.3 is 19.5 Å². The van der Waals surface area contributed by atoms with Gasteiger partial charge in [0.05, 0.1) is 19.6 Å². The number of benzene rings is 2. The Labute approximate surface area is 168 Å². The number of nitrogens with one attached hydrogen (secondary N) is 1. The first-order chi connectivity index (χ1) is 13.1. The van der Waals surface area contributed by atoms with Gasteiger partial charge in [-0.05, 0) is 48.2 Å². The van der Waals surface area contributed by atoms with Crippen molar-refractivity contribution in [3.63, 3.8) is 0 Å². The molecule has 1 saturated heterocycles. The molecule has 144 valence electrons. The van der Waals surface area contributed by atoms with E-state index in [9.17, 15) is 4.79 Å². The van der Waals surface area contributed by atoms with Crippen LogP contribution in [-0.2, 0) is 21.5 Å². The average Bonchev–Trinajstić information content (AvgIpc) is 2.72. The van der Waals surface area contributed by atoms with Crippen LogP contribution >= 0.6 is 15.9 Å². The van der Waals surface area contributed by atoms with Crippen LogP contribution in [0.1, 0.15) is 24.0 Å². The fourth-order valence-corrected chi connectivity index (χ4v) is 3.74. The molecule has 2 aromatic carbocycles. The Morgan fingerprint density at radius 1 is 1.07 bits per heavy atom. The number of hydrogen-bond donors (Lipinski definition) is 1. The van der Waals surface area contributed by atoms with E-state index in [-0.39, 0.29) is 5.91 Å². The van der Waals surface area contributed by atoms with Crippen LogP contribution in [0, 0.1) is 0 Å². The first-order valence-corrected chi connectivity index (χ1v) is 9.71. The van der Waals surface area contributed by atoms with E-state index in [0.29, 0.717) is 44.1 Å². The van der Waals surface area contributed by atoms with Gasteiger partial charge >= 0.3 is 0 Å². The van der Waals surface area contributed by atoms with Gasteiger partial charge in [0.25, 0.3) is 0 Å². The van der Waals surface area contributed by atoms with Gasteiger partial charge in [0.15, 0.2) is 11.5 Å². The molecular formula is C21H24BrNO4. The maximum atomic E-state index is 13.2. The van der Waals surface area contributed by atoms with E-state index in [1.54, 1.807) is 14.2 Å². The molecule has 0 aromatic heterocycles. The van der Waals surface area contributed by atoms with E-state index < -0.39 is 5.41 Å². The lowest BCUT2D eigenvalue weighted by atomic mass is 9.73. The van der Waals surface area contributed by atoms with Crippen LogP contribution in [-0.4, -0.2) is 33.3 Å². The highest BCUT2D eigenvalue weighted by Crippen LogP contribution is 2.36. The molecule has 0 saturated carbocycles. The van der Waals surface area contributed by atoms with E-state index in [1.165, 1.54) is 0 Å². The fourth-order valence-electron chi connectivity index (χ4n) is 3.48. The summed E-state index contributed by atoms with van der Waals surface area (Å²) in [6, 6.07) is 13.7. The molecule has 1 aliphatic rings. The number of halogens is 1. The molecule has 2 aromatic rings. The highest BCUT2D eigenvalue weighted by molar-refractivity contribution is 9.10. The molecule has 5 nitrogen and oxygen atoms in total. The molecule has 1 N–H and O–H groups in total. The molecule has 1 aliphatic heterocycles. The van der Waals surface area contributed by atoms with Crippen molar-refractivity contribution in [1.82, 2.24) is 5.32 Å². The summed E-state index contributed by atoms with van der Waals surface area (Å²) in [7, 11) is 3.21. The van der Waals surface area contributed by atoms with Crippen molar-refractivity contribution in [2.24, 2.45) is 0 Å². The van der Waals surface area contributed by atoms with Gasteiger partial charge in [0.1, 0.15) is 0 Å². The molecule has 0 spiro atoms. The number of methoxy groups -OCH3 is 2. The van der Waals surface area contributed by atoms with E-state index in [2.05, 4.69) is 21.2 Å². The second-order valence-electron chi connectivity index (χ2n) is 6.57. The Bertz CT molecular complexity index is 785. The molecular weight excluding hydrogens is 410 g/mol. The molecule has 1 heterocycles.